The van der Waals surface area contributed by atoms with E-state index in [1.807, 2.05) is 0 Å². The van der Waals surface area contributed by atoms with Gasteiger partial charge in [-0.1, -0.05) is 11.6 Å². The zero-order valence-corrected chi connectivity index (χ0v) is 14.1. The second kappa shape index (κ2) is 6.85. The molecule has 2 rings (SSSR count). The minimum Gasteiger partial charge on any atom is -0.495 e. The third kappa shape index (κ3) is 3.71. The van der Waals surface area contributed by atoms with Crippen LogP contribution in [0.3, 0.4) is 0 Å². The third-order valence-corrected chi connectivity index (χ3v) is 5.76. The first-order valence-electron chi connectivity index (χ1n) is 6.95. The molecule has 0 saturated carbocycles. The molecule has 1 aromatic carbocycles. The number of methoxy groups -OCH3 is 1. The van der Waals surface area contributed by atoms with E-state index in [1.165, 1.54) is 24.4 Å². The Labute approximate surface area is 135 Å². The first-order valence-corrected chi connectivity index (χ1v) is 8.77. The second-order valence-electron chi connectivity index (χ2n) is 5.17. The van der Waals surface area contributed by atoms with Crippen LogP contribution in [0.25, 0.3) is 0 Å². The molecule has 0 aromatic heterocycles. The summed E-state index contributed by atoms with van der Waals surface area (Å²) in [6.07, 6.45) is 1.17. The molecule has 1 N–H and O–H groups in total. The molecule has 0 atom stereocenters. The highest BCUT2D eigenvalue weighted by Crippen LogP contribution is 2.30. The van der Waals surface area contributed by atoms with E-state index in [9.17, 15) is 13.2 Å². The fraction of sp³-hybridized carbons (Fsp3) is 0.500. The summed E-state index contributed by atoms with van der Waals surface area (Å²) in [6, 6.07) is 4.54. The number of hydrogen-bond donors (Lipinski definition) is 1. The van der Waals surface area contributed by atoms with Gasteiger partial charge in [0.05, 0.1) is 7.11 Å². The molecule has 0 bridgehead atoms. The zero-order valence-electron chi connectivity index (χ0n) is 12.5. The van der Waals surface area contributed by atoms with Crippen molar-refractivity contribution in [1.82, 2.24) is 9.62 Å². The molecule has 0 spiro atoms. The van der Waals surface area contributed by atoms with Gasteiger partial charge in [0, 0.05) is 31.1 Å². The lowest BCUT2D eigenvalue weighted by Gasteiger charge is -2.31. The van der Waals surface area contributed by atoms with Crippen molar-refractivity contribution in [2.45, 2.75) is 30.7 Å². The highest BCUT2D eigenvalue weighted by molar-refractivity contribution is 7.89. The number of benzene rings is 1. The van der Waals surface area contributed by atoms with E-state index in [-0.39, 0.29) is 22.6 Å². The Hall–Kier alpha value is -1.31. The maximum absolute atomic E-state index is 12.7. The first kappa shape index (κ1) is 17.1. The maximum atomic E-state index is 12.7. The van der Waals surface area contributed by atoms with Crippen molar-refractivity contribution in [1.29, 1.82) is 0 Å². The van der Waals surface area contributed by atoms with Gasteiger partial charge in [-0.3, -0.25) is 4.79 Å². The molecule has 1 aliphatic rings. The Morgan fingerprint density at radius 1 is 1.36 bits per heavy atom. The van der Waals surface area contributed by atoms with E-state index in [0.717, 1.165) is 0 Å². The summed E-state index contributed by atoms with van der Waals surface area (Å²) in [5.74, 6) is 0.172. The number of ether oxygens (including phenoxy) is 1. The molecule has 122 valence electrons. The van der Waals surface area contributed by atoms with E-state index in [1.54, 1.807) is 12.1 Å². The molecule has 8 heteroatoms. The fourth-order valence-electron chi connectivity index (χ4n) is 2.52. The third-order valence-electron chi connectivity index (χ3n) is 3.60. The van der Waals surface area contributed by atoms with Gasteiger partial charge in [0.1, 0.15) is 10.6 Å². The monoisotopic (exact) mass is 346 g/mol. The topological polar surface area (TPSA) is 75.7 Å². The minimum atomic E-state index is -3.67. The van der Waals surface area contributed by atoms with Gasteiger partial charge >= 0.3 is 0 Å². The van der Waals surface area contributed by atoms with Gasteiger partial charge in [0.25, 0.3) is 0 Å². The molecule has 1 heterocycles. The van der Waals surface area contributed by atoms with Gasteiger partial charge in [-0.15, -0.1) is 0 Å². The lowest BCUT2D eigenvalue weighted by molar-refractivity contribution is -0.119. The number of nitrogens with one attached hydrogen (secondary N) is 1. The number of carbonyl (C=O) groups is 1. The normalized spacial score (nSPS) is 17.2. The molecule has 0 unspecified atom stereocenters. The highest BCUT2D eigenvalue weighted by Gasteiger charge is 2.31. The minimum absolute atomic E-state index is 0.0187. The summed E-state index contributed by atoms with van der Waals surface area (Å²) < 4.78 is 32.0. The summed E-state index contributed by atoms with van der Waals surface area (Å²) in [6.45, 7) is 2.16. The largest absolute Gasteiger partial charge is 0.495 e. The Balaban J connectivity index is 2.19. The second-order valence-corrected chi connectivity index (χ2v) is 7.52. The van der Waals surface area contributed by atoms with Crippen LogP contribution in [-0.2, 0) is 14.8 Å². The van der Waals surface area contributed by atoms with E-state index in [0.29, 0.717) is 31.0 Å². The Morgan fingerprint density at radius 3 is 2.55 bits per heavy atom. The van der Waals surface area contributed by atoms with Gasteiger partial charge in [-0.25, -0.2) is 8.42 Å². The molecule has 1 aromatic rings. The quantitative estimate of drug-likeness (QED) is 0.899. The number of amides is 1. The number of halogens is 1. The van der Waals surface area contributed by atoms with Crippen molar-refractivity contribution in [3.05, 3.63) is 23.2 Å². The lowest BCUT2D eigenvalue weighted by Crippen LogP contribution is -2.46. The Morgan fingerprint density at radius 2 is 2.00 bits per heavy atom. The average molecular weight is 347 g/mol. The fourth-order valence-corrected chi connectivity index (χ4v) is 4.41. The summed E-state index contributed by atoms with van der Waals surface area (Å²) in [4.78, 5) is 11.1. The molecule has 1 fully saturated rings. The molecule has 0 aliphatic carbocycles. The van der Waals surface area contributed by atoms with Crippen molar-refractivity contribution in [3.8, 4) is 5.75 Å². The number of carbonyl (C=O) groups excluding carboxylic acids is 1. The molecule has 1 saturated heterocycles. The van der Waals surface area contributed by atoms with Crippen LogP contribution in [0, 0.1) is 0 Å². The maximum Gasteiger partial charge on any atom is 0.246 e. The Kier molecular flexibility index (Phi) is 5.31. The smallest absolute Gasteiger partial charge is 0.246 e. The first-order chi connectivity index (χ1) is 10.3. The summed E-state index contributed by atoms with van der Waals surface area (Å²) in [5.41, 5.74) is 0. The predicted molar refractivity (Wildman–Crippen MR) is 83.6 cm³/mol. The molecule has 6 nitrogen and oxygen atoms in total. The van der Waals surface area contributed by atoms with Gasteiger partial charge in [-0.2, -0.15) is 4.31 Å². The molecular weight excluding hydrogens is 328 g/mol. The van der Waals surface area contributed by atoms with Crippen molar-refractivity contribution >= 4 is 27.5 Å². The van der Waals surface area contributed by atoms with E-state index in [2.05, 4.69) is 5.32 Å². The molecule has 1 amide bonds. The van der Waals surface area contributed by atoms with Crippen molar-refractivity contribution in [3.63, 3.8) is 0 Å². The SMILES string of the molecule is COc1ccc(Cl)cc1S(=O)(=O)N1CCC(NC(C)=O)CC1. The number of piperidine rings is 1. The number of sulfonamides is 1. The van der Waals surface area contributed by atoms with Gasteiger partial charge in [0.2, 0.25) is 15.9 Å². The highest BCUT2D eigenvalue weighted by atomic mass is 35.5. The van der Waals surface area contributed by atoms with Crippen LogP contribution >= 0.6 is 11.6 Å². The molecule has 22 heavy (non-hydrogen) atoms. The van der Waals surface area contributed by atoms with Gasteiger partial charge in [0.15, 0.2) is 0 Å². The van der Waals surface area contributed by atoms with Gasteiger partial charge in [-0.05, 0) is 31.0 Å². The van der Waals surface area contributed by atoms with Crippen molar-refractivity contribution in [2.24, 2.45) is 0 Å². The predicted octanol–water partition coefficient (Wildman–Crippen LogP) is 1.64. The van der Waals surface area contributed by atoms with E-state index < -0.39 is 10.0 Å². The van der Waals surface area contributed by atoms with Crippen molar-refractivity contribution < 1.29 is 17.9 Å². The number of nitrogens with zero attached hydrogens (tertiary/aromatic N) is 1. The molecule has 0 radical (unpaired) electrons. The standard InChI is InChI=1S/C14H19ClN2O4S/c1-10(18)16-12-5-7-17(8-6-12)22(19,20)14-9-11(15)3-4-13(14)21-2/h3-4,9,12H,5-8H2,1-2H3,(H,16,18). The van der Waals surface area contributed by atoms with E-state index >= 15 is 0 Å². The Bertz CT molecular complexity index is 655. The van der Waals surface area contributed by atoms with Crippen LogP contribution in [0.4, 0.5) is 0 Å². The van der Waals surface area contributed by atoms with Crippen molar-refractivity contribution in [2.75, 3.05) is 20.2 Å². The number of hydrogen-bond acceptors (Lipinski definition) is 4. The van der Waals surface area contributed by atoms with Crippen LogP contribution < -0.4 is 10.1 Å². The molecular formula is C14H19ClN2O4S. The summed E-state index contributed by atoms with van der Waals surface area (Å²) in [5, 5.41) is 3.16. The zero-order chi connectivity index (χ0) is 16.3. The average Bonchev–Trinajstić information content (AvgIpc) is 2.47. The summed E-state index contributed by atoms with van der Waals surface area (Å²) in [7, 11) is -2.25. The van der Waals surface area contributed by atoms with Gasteiger partial charge < -0.3 is 10.1 Å². The van der Waals surface area contributed by atoms with Crippen LogP contribution in [0.1, 0.15) is 19.8 Å². The van der Waals surface area contributed by atoms with E-state index in [4.69, 9.17) is 16.3 Å². The number of rotatable bonds is 4. The lowest BCUT2D eigenvalue weighted by atomic mass is 10.1. The van der Waals surface area contributed by atoms with Crippen LogP contribution in [0.2, 0.25) is 5.02 Å². The van der Waals surface area contributed by atoms with Crippen LogP contribution in [-0.4, -0.2) is 44.9 Å². The van der Waals surface area contributed by atoms with Crippen LogP contribution in [0.5, 0.6) is 5.75 Å². The molecule has 1 aliphatic heterocycles. The summed E-state index contributed by atoms with van der Waals surface area (Å²) >= 11 is 5.91. The van der Waals surface area contributed by atoms with Crippen LogP contribution in [0.15, 0.2) is 23.1 Å².